The molecule has 0 spiro atoms. The summed E-state index contributed by atoms with van der Waals surface area (Å²) in [5.74, 6) is 1.74. The van der Waals surface area contributed by atoms with Crippen LogP contribution in [0, 0.1) is 0 Å². The van der Waals surface area contributed by atoms with Crippen LogP contribution < -0.4 is 9.47 Å². The summed E-state index contributed by atoms with van der Waals surface area (Å²) < 4.78 is 10.6. The summed E-state index contributed by atoms with van der Waals surface area (Å²) in [5.41, 5.74) is 6.25. The van der Waals surface area contributed by atoms with Crippen molar-refractivity contribution in [3.63, 3.8) is 0 Å². The lowest BCUT2D eigenvalue weighted by Crippen LogP contribution is -2.13. The Hall–Kier alpha value is -2.74. The van der Waals surface area contributed by atoms with Crippen molar-refractivity contribution in [2.24, 2.45) is 0 Å². The molecule has 0 amide bonds. The van der Waals surface area contributed by atoms with Gasteiger partial charge in [-0.1, -0.05) is 63.2 Å². The van der Waals surface area contributed by atoms with Crippen molar-refractivity contribution in [3.05, 3.63) is 72.3 Å². The van der Waals surface area contributed by atoms with E-state index in [0.717, 1.165) is 11.5 Å². The molecule has 0 aliphatic carbocycles. The van der Waals surface area contributed by atoms with E-state index in [9.17, 15) is 0 Å². The summed E-state index contributed by atoms with van der Waals surface area (Å²) >= 11 is 0. The minimum atomic E-state index is 0.0394. The highest BCUT2D eigenvalue weighted by Crippen LogP contribution is 2.40. The molecule has 3 rings (SSSR count). The molecule has 0 aromatic heterocycles. The Labute approximate surface area is 156 Å². The number of ether oxygens (including phenoxy) is 2. The van der Waals surface area contributed by atoms with Crippen LogP contribution in [0.1, 0.15) is 26.3 Å². The van der Waals surface area contributed by atoms with Crippen molar-refractivity contribution in [2.75, 3.05) is 14.2 Å². The Balaban J connectivity index is 2.23. The molecule has 2 heteroatoms. The van der Waals surface area contributed by atoms with E-state index in [4.69, 9.17) is 9.47 Å². The molecular formula is C24H26O2. The summed E-state index contributed by atoms with van der Waals surface area (Å²) in [6.45, 7) is 6.77. The molecule has 2 nitrogen and oxygen atoms in total. The van der Waals surface area contributed by atoms with E-state index in [1.54, 1.807) is 14.2 Å². The molecule has 0 atom stereocenters. The van der Waals surface area contributed by atoms with Crippen LogP contribution in [0.2, 0.25) is 0 Å². The molecule has 0 unspecified atom stereocenters. The molecule has 0 saturated heterocycles. The highest BCUT2D eigenvalue weighted by atomic mass is 16.5. The van der Waals surface area contributed by atoms with Crippen molar-refractivity contribution in [1.29, 1.82) is 0 Å². The zero-order chi connectivity index (χ0) is 18.7. The lowest BCUT2D eigenvalue weighted by Gasteiger charge is -2.25. The molecule has 0 saturated carbocycles. The van der Waals surface area contributed by atoms with Gasteiger partial charge in [-0.15, -0.1) is 0 Å². The zero-order valence-electron chi connectivity index (χ0n) is 16.2. The number of hydrogen-bond donors (Lipinski definition) is 0. The van der Waals surface area contributed by atoms with E-state index in [1.165, 1.54) is 27.8 Å². The van der Waals surface area contributed by atoms with Crippen LogP contribution in [0.3, 0.4) is 0 Å². The molecule has 0 heterocycles. The minimum absolute atomic E-state index is 0.0394. The van der Waals surface area contributed by atoms with Crippen LogP contribution in [-0.4, -0.2) is 14.2 Å². The van der Waals surface area contributed by atoms with Gasteiger partial charge in [0.25, 0.3) is 0 Å². The molecule has 0 fully saturated rings. The predicted octanol–water partition coefficient (Wildman–Crippen LogP) is 6.34. The first-order chi connectivity index (χ1) is 12.4. The van der Waals surface area contributed by atoms with Crippen LogP contribution in [-0.2, 0) is 5.41 Å². The van der Waals surface area contributed by atoms with Crippen molar-refractivity contribution >= 4 is 0 Å². The standard InChI is InChI=1S/C24H26O2/c1-24(2,3)22-8-6-7-21(17-9-13-19(25-4)14-10-17)23(22)18-11-15-20(26-5)16-12-18/h6-16H,1-5H3. The van der Waals surface area contributed by atoms with E-state index < -0.39 is 0 Å². The number of rotatable bonds is 4. The molecular weight excluding hydrogens is 320 g/mol. The average Bonchev–Trinajstić information content (AvgIpc) is 2.67. The van der Waals surface area contributed by atoms with E-state index in [2.05, 4.69) is 63.2 Å². The van der Waals surface area contributed by atoms with Crippen molar-refractivity contribution in [1.82, 2.24) is 0 Å². The van der Waals surface area contributed by atoms with Crippen LogP contribution >= 0.6 is 0 Å². The van der Waals surface area contributed by atoms with E-state index >= 15 is 0 Å². The van der Waals surface area contributed by atoms with Crippen molar-refractivity contribution in [3.8, 4) is 33.8 Å². The van der Waals surface area contributed by atoms with E-state index in [1.807, 2.05) is 24.3 Å². The lowest BCUT2D eigenvalue weighted by atomic mass is 9.79. The van der Waals surface area contributed by atoms with Gasteiger partial charge in [-0.25, -0.2) is 0 Å². The fraction of sp³-hybridized carbons (Fsp3) is 0.250. The third-order valence-corrected chi connectivity index (χ3v) is 4.65. The average molecular weight is 346 g/mol. The van der Waals surface area contributed by atoms with Gasteiger partial charge in [-0.05, 0) is 57.5 Å². The Morgan fingerprint density at radius 1 is 0.615 bits per heavy atom. The normalized spacial score (nSPS) is 11.3. The topological polar surface area (TPSA) is 18.5 Å². The molecule has 134 valence electrons. The summed E-state index contributed by atoms with van der Waals surface area (Å²) in [6.07, 6.45) is 0. The Morgan fingerprint density at radius 3 is 1.58 bits per heavy atom. The first kappa shape index (κ1) is 18.1. The minimum Gasteiger partial charge on any atom is -0.497 e. The Bertz CT molecular complexity index is 870. The quantitative estimate of drug-likeness (QED) is 0.549. The van der Waals surface area contributed by atoms with Crippen LogP contribution in [0.4, 0.5) is 0 Å². The van der Waals surface area contributed by atoms with Gasteiger partial charge in [0.2, 0.25) is 0 Å². The maximum atomic E-state index is 5.33. The molecule has 26 heavy (non-hydrogen) atoms. The molecule has 0 aliphatic rings. The monoisotopic (exact) mass is 346 g/mol. The van der Waals surface area contributed by atoms with Crippen LogP contribution in [0.15, 0.2) is 66.7 Å². The molecule has 3 aromatic carbocycles. The zero-order valence-corrected chi connectivity index (χ0v) is 16.2. The molecule has 0 bridgehead atoms. The number of methoxy groups -OCH3 is 2. The first-order valence-electron chi connectivity index (χ1n) is 8.86. The smallest absolute Gasteiger partial charge is 0.118 e. The second-order valence-corrected chi connectivity index (χ2v) is 7.44. The van der Waals surface area contributed by atoms with Crippen molar-refractivity contribution in [2.45, 2.75) is 26.2 Å². The fourth-order valence-corrected chi connectivity index (χ4v) is 3.26. The summed E-state index contributed by atoms with van der Waals surface area (Å²) in [5, 5.41) is 0. The molecule has 0 radical (unpaired) electrons. The second-order valence-electron chi connectivity index (χ2n) is 7.44. The highest BCUT2D eigenvalue weighted by Gasteiger charge is 2.21. The summed E-state index contributed by atoms with van der Waals surface area (Å²) in [6, 6.07) is 23.1. The maximum absolute atomic E-state index is 5.33. The fourth-order valence-electron chi connectivity index (χ4n) is 3.26. The third kappa shape index (κ3) is 3.60. The number of benzene rings is 3. The van der Waals surface area contributed by atoms with Crippen molar-refractivity contribution < 1.29 is 9.47 Å². The SMILES string of the molecule is COc1ccc(-c2cccc(C(C)(C)C)c2-c2ccc(OC)cc2)cc1. The van der Waals surface area contributed by atoms with Gasteiger partial charge in [-0.2, -0.15) is 0 Å². The van der Waals surface area contributed by atoms with Gasteiger partial charge in [-0.3, -0.25) is 0 Å². The van der Waals surface area contributed by atoms with Gasteiger partial charge in [0.1, 0.15) is 11.5 Å². The van der Waals surface area contributed by atoms with Crippen LogP contribution in [0.5, 0.6) is 11.5 Å². The maximum Gasteiger partial charge on any atom is 0.118 e. The Kier molecular flexibility index (Phi) is 5.03. The second kappa shape index (κ2) is 7.25. The molecule has 0 N–H and O–H groups in total. The molecule has 0 aliphatic heterocycles. The van der Waals surface area contributed by atoms with E-state index in [0.29, 0.717) is 0 Å². The van der Waals surface area contributed by atoms with Gasteiger partial charge in [0, 0.05) is 0 Å². The van der Waals surface area contributed by atoms with Gasteiger partial charge in [0.15, 0.2) is 0 Å². The first-order valence-corrected chi connectivity index (χ1v) is 8.86. The summed E-state index contributed by atoms with van der Waals surface area (Å²) in [7, 11) is 3.39. The summed E-state index contributed by atoms with van der Waals surface area (Å²) in [4.78, 5) is 0. The van der Waals surface area contributed by atoms with Gasteiger partial charge >= 0.3 is 0 Å². The van der Waals surface area contributed by atoms with Crippen LogP contribution in [0.25, 0.3) is 22.3 Å². The lowest BCUT2D eigenvalue weighted by molar-refractivity contribution is 0.414. The third-order valence-electron chi connectivity index (χ3n) is 4.65. The Morgan fingerprint density at radius 2 is 1.12 bits per heavy atom. The molecule has 3 aromatic rings. The number of hydrogen-bond acceptors (Lipinski definition) is 2. The largest absolute Gasteiger partial charge is 0.497 e. The predicted molar refractivity (Wildman–Crippen MR) is 109 cm³/mol. The van der Waals surface area contributed by atoms with E-state index in [-0.39, 0.29) is 5.41 Å². The highest BCUT2D eigenvalue weighted by molar-refractivity contribution is 5.86. The van der Waals surface area contributed by atoms with Gasteiger partial charge in [0.05, 0.1) is 14.2 Å². The van der Waals surface area contributed by atoms with Gasteiger partial charge < -0.3 is 9.47 Å².